The summed E-state index contributed by atoms with van der Waals surface area (Å²) in [5.74, 6) is -0.603. The van der Waals surface area contributed by atoms with Gasteiger partial charge >= 0.3 is 0 Å². The first-order valence-corrected chi connectivity index (χ1v) is 11.8. The van der Waals surface area contributed by atoms with E-state index in [0.717, 1.165) is 9.87 Å². The largest absolute Gasteiger partial charge is 0.271 e. The van der Waals surface area contributed by atoms with Gasteiger partial charge in [-0.3, -0.25) is 9.10 Å². The Morgan fingerprint density at radius 3 is 2.34 bits per heavy atom. The lowest BCUT2D eigenvalue weighted by atomic mass is 10.2. The van der Waals surface area contributed by atoms with Crippen molar-refractivity contribution in [2.75, 3.05) is 10.8 Å². The number of hydrazone groups is 1. The zero-order chi connectivity index (χ0) is 23.3. The number of hydrogen-bond acceptors (Lipinski definition) is 4. The number of hydrogen-bond donors (Lipinski definition) is 1. The summed E-state index contributed by atoms with van der Waals surface area (Å²) in [6, 6.07) is 18.2. The van der Waals surface area contributed by atoms with Crippen LogP contribution in [0.2, 0.25) is 10.0 Å². The number of benzene rings is 3. The van der Waals surface area contributed by atoms with E-state index in [0.29, 0.717) is 26.9 Å². The first-order valence-electron chi connectivity index (χ1n) is 9.60. The van der Waals surface area contributed by atoms with Crippen molar-refractivity contribution in [2.24, 2.45) is 5.10 Å². The number of halogens is 2. The second-order valence-corrected chi connectivity index (χ2v) is 9.84. The molecule has 3 aromatic carbocycles. The van der Waals surface area contributed by atoms with Gasteiger partial charge in [-0.25, -0.2) is 13.8 Å². The fourth-order valence-corrected chi connectivity index (χ4v) is 4.88. The molecular weight excluding hydrogens is 469 g/mol. The lowest BCUT2D eigenvalue weighted by Gasteiger charge is -2.25. The Hall–Kier alpha value is -2.87. The molecule has 0 fully saturated rings. The maximum Gasteiger partial charge on any atom is 0.264 e. The Bertz CT molecular complexity index is 1260. The van der Waals surface area contributed by atoms with Crippen molar-refractivity contribution in [3.8, 4) is 0 Å². The van der Waals surface area contributed by atoms with E-state index in [4.69, 9.17) is 23.2 Å². The lowest BCUT2D eigenvalue weighted by Crippen LogP contribution is -2.40. The van der Waals surface area contributed by atoms with Crippen molar-refractivity contribution in [1.29, 1.82) is 0 Å². The average Bonchev–Trinajstić information content (AvgIpc) is 2.73. The topological polar surface area (TPSA) is 78.8 Å². The van der Waals surface area contributed by atoms with Crippen LogP contribution in [0.4, 0.5) is 5.69 Å². The summed E-state index contributed by atoms with van der Waals surface area (Å²) < 4.78 is 27.9. The minimum absolute atomic E-state index is 0.0766. The molecule has 1 N–H and O–H groups in total. The summed E-state index contributed by atoms with van der Waals surface area (Å²) >= 11 is 12.0. The summed E-state index contributed by atoms with van der Waals surface area (Å²) in [6.07, 6.45) is 1.43. The van der Waals surface area contributed by atoms with Crippen LogP contribution in [0.1, 0.15) is 16.7 Å². The molecule has 0 atom stereocenters. The van der Waals surface area contributed by atoms with Crippen molar-refractivity contribution in [1.82, 2.24) is 5.43 Å². The molecule has 0 saturated carbocycles. The Labute approximate surface area is 197 Å². The molecule has 0 aromatic heterocycles. The molecule has 0 saturated heterocycles. The predicted octanol–water partition coefficient (Wildman–Crippen LogP) is 4.96. The molecule has 0 aliphatic rings. The molecule has 3 rings (SSSR count). The fourth-order valence-electron chi connectivity index (χ4n) is 2.97. The molecule has 0 bridgehead atoms. The van der Waals surface area contributed by atoms with Gasteiger partial charge in [0.1, 0.15) is 6.54 Å². The second-order valence-electron chi connectivity index (χ2n) is 7.10. The van der Waals surface area contributed by atoms with Gasteiger partial charge in [0.15, 0.2) is 0 Å². The van der Waals surface area contributed by atoms with Crippen LogP contribution in [0.3, 0.4) is 0 Å². The van der Waals surface area contributed by atoms with Gasteiger partial charge < -0.3 is 0 Å². The smallest absolute Gasteiger partial charge is 0.264 e. The highest BCUT2D eigenvalue weighted by molar-refractivity contribution is 7.92. The maximum atomic E-state index is 13.4. The van der Waals surface area contributed by atoms with E-state index in [1.54, 1.807) is 61.5 Å². The molecule has 166 valence electrons. The number of carbonyl (C=O) groups excluding carboxylic acids is 1. The van der Waals surface area contributed by atoms with Gasteiger partial charge in [-0.2, -0.15) is 5.10 Å². The van der Waals surface area contributed by atoms with Gasteiger partial charge in [0.05, 0.1) is 16.8 Å². The van der Waals surface area contributed by atoms with Crippen LogP contribution in [0.25, 0.3) is 0 Å². The van der Waals surface area contributed by atoms with E-state index < -0.39 is 22.5 Å². The van der Waals surface area contributed by atoms with Gasteiger partial charge in [0, 0.05) is 10.0 Å². The number of nitrogens with one attached hydrogen (secondary N) is 1. The van der Waals surface area contributed by atoms with Crippen LogP contribution in [-0.2, 0) is 14.8 Å². The Morgan fingerprint density at radius 2 is 1.69 bits per heavy atom. The number of carbonyl (C=O) groups is 1. The monoisotopic (exact) mass is 489 g/mol. The molecule has 32 heavy (non-hydrogen) atoms. The van der Waals surface area contributed by atoms with Crippen LogP contribution in [0.15, 0.2) is 76.7 Å². The van der Waals surface area contributed by atoms with Crippen LogP contribution in [0.5, 0.6) is 0 Å². The number of aryl methyl sites for hydroxylation is 2. The third-order valence-corrected chi connectivity index (χ3v) is 6.82. The third-order valence-electron chi connectivity index (χ3n) is 4.58. The first-order chi connectivity index (χ1) is 15.2. The van der Waals surface area contributed by atoms with Gasteiger partial charge in [-0.05, 0) is 67.4 Å². The van der Waals surface area contributed by atoms with E-state index in [1.165, 1.54) is 18.3 Å². The lowest BCUT2D eigenvalue weighted by molar-refractivity contribution is -0.119. The molecule has 0 heterocycles. The van der Waals surface area contributed by atoms with Crippen molar-refractivity contribution in [3.05, 3.63) is 93.5 Å². The second kappa shape index (κ2) is 10.2. The molecule has 0 aliphatic carbocycles. The Morgan fingerprint density at radius 1 is 1.00 bits per heavy atom. The molecule has 0 radical (unpaired) electrons. The van der Waals surface area contributed by atoms with E-state index >= 15 is 0 Å². The molecular formula is C23H21Cl2N3O3S. The number of sulfonamides is 1. The zero-order valence-corrected chi connectivity index (χ0v) is 19.7. The summed E-state index contributed by atoms with van der Waals surface area (Å²) in [4.78, 5) is 12.7. The van der Waals surface area contributed by atoms with Gasteiger partial charge in [0.2, 0.25) is 0 Å². The minimum Gasteiger partial charge on any atom is -0.271 e. The van der Waals surface area contributed by atoms with E-state index in [9.17, 15) is 13.2 Å². The van der Waals surface area contributed by atoms with E-state index in [2.05, 4.69) is 10.5 Å². The molecule has 6 nitrogen and oxygen atoms in total. The predicted molar refractivity (Wildman–Crippen MR) is 129 cm³/mol. The normalized spacial score (nSPS) is 11.5. The van der Waals surface area contributed by atoms with Crippen LogP contribution in [0, 0.1) is 13.8 Å². The number of rotatable bonds is 7. The van der Waals surface area contributed by atoms with E-state index in [-0.39, 0.29) is 4.90 Å². The summed E-state index contributed by atoms with van der Waals surface area (Å²) in [6.45, 7) is 3.13. The van der Waals surface area contributed by atoms with E-state index in [1.807, 2.05) is 6.92 Å². The summed E-state index contributed by atoms with van der Waals surface area (Å²) in [7, 11) is -4.02. The summed E-state index contributed by atoms with van der Waals surface area (Å²) in [5, 5.41) is 4.91. The Kier molecular flexibility index (Phi) is 7.56. The maximum absolute atomic E-state index is 13.4. The number of amides is 1. The van der Waals surface area contributed by atoms with Crippen molar-refractivity contribution in [3.63, 3.8) is 0 Å². The third kappa shape index (κ3) is 5.88. The highest BCUT2D eigenvalue weighted by Gasteiger charge is 2.28. The van der Waals surface area contributed by atoms with Crippen molar-refractivity contribution >= 4 is 51.0 Å². The molecule has 1 amide bonds. The quantitative estimate of drug-likeness (QED) is 0.376. The van der Waals surface area contributed by atoms with Crippen LogP contribution >= 0.6 is 23.2 Å². The molecule has 0 aliphatic heterocycles. The van der Waals surface area contributed by atoms with Crippen molar-refractivity contribution in [2.45, 2.75) is 18.7 Å². The number of anilines is 1. The van der Waals surface area contributed by atoms with Crippen LogP contribution < -0.4 is 9.73 Å². The highest BCUT2D eigenvalue weighted by Crippen LogP contribution is 2.29. The minimum atomic E-state index is -4.02. The molecule has 3 aromatic rings. The van der Waals surface area contributed by atoms with Crippen molar-refractivity contribution < 1.29 is 13.2 Å². The molecule has 0 unspecified atom stereocenters. The van der Waals surface area contributed by atoms with Crippen LogP contribution in [-0.4, -0.2) is 27.1 Å². The highest BCUT2D eigenvalue weighted by atomic mass is 35.5. The fraction of sp³-hybridized carbons (Fsp3) is 0.130. The summed E-state index contributed by atoms with van der Waals surface area (Å²) in [5.41, 5.74) is 4.95. The van der Waals surface area contributed by atoms with Gasteiger partial charge in [0.25, 0.3) is 15.9 Å². The standard InChI is InChI=1S/C23H21Cl2N3O3S/c1-16-6-9-21(10-7-16)32(30,31)28(22-11-8-20(25)12-17(22)2)15-23(29)27-26-14-18-4-3-5-19(24)13-18/h3-14H,15H2,1-2H3,(H,27,29)/b26-14+. The van der Waals surface area contributed by atoms with Gasteiger partial charge in [-0.1, -0.05) is 53.0 Å². The SMILES string of the molecule is Cc1ccc(S(=O)(=O)N(CC(=O)N/N=C/c2cccc(Cl)c2)c2ccc(Cl)cc2C)cc1. The molecule has 9 heteroatoms. The first kappa shape index (κ1) is 23.8. The van der Waals surface area contributed by atoms with Gasteiger partial charge in [-0.15, -0.1) is 0 Å². The zero-order valence-electron chi connectivity index (χ0n) is 17.4. The average molecular weight is 490 g/mol. The molecule has 0 spiro atoms. The Balaban J connectivity index is 1.88. The number of nitrogens with zero attached hydrogens (tertiary/aromatic N) is 2.